The number of anilines is 1. The van der Waals surface area contributed by atoms with Crippen LogP contribution >= 0.6 is 31.9 Å². The van der Waals surface area contributed by atoms with Gasteiger partial charge in [0.15, 0.2) is 11.5 Å². The van der Waals surface area contributed by atoms with Gasteiger partial charge in [-0.3, -0.25) is 24.5 Å². The number of allylic oxidation sites excluding steroid dienone is 2. The molecule has 0 aromatic heterocycles. The fourth-order valence-electron chi connectivity index (χ4n) is 7.07. The highest BCUT2D eigenvalue weighted by atomic mass is 79.9. The molecule has 196 valence electrons. The maximum atomic E-state index is 14.3. The van der Waals surface area contributed by atoms with E-state index in [4.69, 9.17) is 4.74 Å². The van der Waals surface area contributed by atoms with Crippen molar-refractivity contribution < 1.29 is 29.0 Å². The molecule has 2 aromatic carbocycles. The lowest BCUT2D eigenvalue weighted by molar-refractivity contribution is -0.131. The minimum Gasteiger partial charge on any atom is -0.503 e. The number of nitrogens with zero attached hydrogens (tertiary/aromatic N) is 1. The molecule has 0 spiro atoms. The van der Waals surface area contributed by atoms with Crippen LogP contribution in [0.5, 0.6) is 11.5 Å². The van der Waals surface area contributed by atoms with E-state index in [1.807, 2.05) is 19.1 Å². The predicted molar refractivity (Wildman–Crippen MR) is 144 cm³/mol. The maximum Gasteiger partial charge on any atom is 0.241 e. The van der Waals surface area contributed by atoms with Crippen molar-refractivity contribution in [1.29, 1.82) is 0 Å². The van der Waals surface area contributed by atoms with Gasteiger partial charge in [0.1, 0.15) is 0 Å². The molecular formula is C28H24Br2N2O6. The molecule has 0 radical (unpaired) electrons. The van der Waals surface area contributed by atoms with Crippen molar-refractivity contribution in [1.82, 2.24) is 5.32 Å². The lowest BCUT2D eigenvalue weighted by Gasteiger charge is -2.49. The number of carbonyl (C=O) groups is 4. The summed E-state index contributed by atoms with van der Waals surface area (Å²) in [6, 6.07) is 10.5. The molecule has 2 saturated heterocycles. The molecule has 4 aliphatic rings. The molecule has 6 unspecified atom stereocenters. The summed E-state index contributed by atoms with van der Waals surface area (Å²) in [6.45, 7) is 1.81. The number of phenols is 1. The molecule has 1 saturated carbocycles. The van der Waals surface area contributed by atoms with Gasteiger partial charge >= 0.3 is 0 Å². The highest BCUT2D eigenvalue weighted by Gasteiger charge is 2.67. The van der Waals surface area contributed by atoms with Crippen molar-refractivity contribution in [2.75, 3.05) is 12.0 Å². The Morgan fingerprint density at radius 2 is 1.76 bits per heavy atom. The molecule has 0 bridgehead atoms. The molecule has 6 atom stereocenters. The number of nitrogens with one attached hydrogen (secondary N) is 1. The SMILES string of the molecule is COc1cc(C2C3=CCC4C(=O)NC(=O)C4C3CC3C(=O)N(c4ccccc4)C(=O)C32C)c(Br)c(Br)c1O. The van der Waals surface area contributed by atoms with E-state index in [1.54, 1.807) is 30.3 Å². The summed E-state index contributed by atoms with van der Waals surface area (Å²) in [4.78, 5) is 55.1. The first-order chi connectivity index (χ1) is 18.1. The van der Waals surface area contributed by atoms with Gasteiger partial charge in [-0.15, -0.1) is 0 Å². The number of amides is 4. The fraction of sp³-hybridized carbons (Fsp3) is 0.357. The number of imide groups is 2. The van der Waals surface area contributed by atoms with Crippen LogP contribution in [0.15, 0.2) is 57.0 Å². The highest BCUT2D eigenvalue weighted by Crippen LogP contribution is 2.64. The Morgan fingerprint density at radius 3 is 2.45 bits per heavy atom. The Bertz CT molecular complexity index is 1460. The van der Waals surface area contributed by atoms with Crippen LogP contribution in [0.3, 0.4) is 0 Å². The highest BCUT2D eigenvalue weighted by molar-refractivity contribution is 9.13. The zero-order chi connectivity index (χ0) is 27.1. The van der Waals surface area contributed by atoms with E-state index < -0.39 is 35.0 Å². The van der Waals surface area contributed by atoms with E-state index in [0.717, 1.165) is 5.57 Å². The summed E-state index contributed by atoms with van der Waals surface area (Å²) >= 11 is 7.04. The summed E-state index contributed by atoms with van der Waals surface area (Å²) < 4.78 is 6.32. The number of aromatic hydroxyl groups is 1. The van der Waals surface area contributed by atoms with Crippen LogP contribution in [0.25, 0.3) is 0 Å². The van der Waals surface area contributed by atoms with E-state index >= 15 is 0 Å². The van der Waals surface area contributed by atoms with Gasteiger partial charge in [-0.1, -0.05) is 29.8 Å². The number of hydrogen-bond donors (Lipinski definition) is 2. The zero-order valence-electron chi connectivity index (χ0n) is 20.5. The molecule has 8 nitrogen and oxygen atoms in total. The standard InChI is InChI=1S/C28H24Br2N2O6/c1-28-17(26(36)32(27(28)37)12-6-4-3-5-7-12)10-15-13(8-9-14-19(15)25(35)31-24(14)34)20(28)16-11-18(38-2)23(33)22(30)21(16)29/h3-8,11,14-15,17,19-20,33H,9-10H2,1-2H3,(H,31,34,35). The van der Waals surface area contributed by atoms with Gasteiger partial charge in [0, 0.05) is 10.4 Å². The molecule has 3 fully saturated rings. The van der Waals surface area contributed by atoms with E-state index in [-0.39, 0.29) is 41.5 Å². The number of ether oxygens (including phenoxy) is 1. The molecule has 10 heteroatoms. The van der Waals surface area contributed by atoms with E-state index in [2.05, 4.69) is 37.2 Å². The van der Waals surface area contributed by atoms with Crippen LogP contribution in [0.2, 0.25) is 0 Å². The van der Waals surface area contributed by atoms with Crippen molar-refractivity contribution in [2.45, 2.75) is 25.7 Å². The molecule has 2 aliphatic heterocycles. The Kier molecular flexibility index (Phi) is 5.84. The van der Waals surface area contributed by atoms with Gasteiger partial charge in [-0.2, -0.15) is 0 Å². The van der Waals surface area contributed by atoms with E-state index in [1.165, 1.54) is 12.0 Å². The van der Waals surface area contributed by atoms with Crippen LogP contribution in [0, 0.1) is 29.1 Å². The number of benzene rings is 2. The van der Waals surface area contributed by atoms with Gasteiger partial charge in [0.2, 0.25) is 23.6 Å². The number of rotatable bonds is 3. The number of phenolic OH excluding ortho intramolecular Hbond substituents is 1. The summed E-state index contributed by atoms with van der Waals surface area (Å²) in [6.07, 6.45) is 2.62. The Balaban J connectivity index is 1.60. The van der Waals surface area contributed by atoms with Crippen LogP contribution in [0.4, 0.5) is 5.69 Å². The Labute approximate surface area is 235 Å². The molecule has 2 N–H and O–H groups in total. The van der Waals surface area contributed by atoms with Crippen LogP contribution in [-0.2, 0) is 19.2 Å². The van der Waals surface area contributed by atoms with Gasteiger partial charge < -0.3 is 9.84 Å². The monoisotopic (exact) mass is 642 g/mol. The molecule has 4 amide bonds. The third kappa shape index (κ3) is 3.25. The second-order valence-electron chi connectivity index (χ2n) is 10.5. The third-order valence-corrected chi connectivity index (χ3v) is 11.0. The molecule has 2 heterocycles. The second-order valence-corrected chi connectivity index (χ2v) is 12.1. The summed E-state index contributed by atoms with van der Waals surface area (Å²) in [5.41, 5.74) is 0.801. The van der Waals surface area contributed by atoms with Gasteiger partial charge in [0.05, 0.1) is 40.4 Å². The third-order valence-electron chi connectivity index (χ3n) is 8.84. The number of carbonyl (C=O) groups excluding carboxylic acids is 4. The number of halogens is 2. The van der Waals surface area contributed by atoms with Crippen molar-refractivity contribution >= 4 is 61.2 Å². The number of fused-ring (bicyclic) bond motifs is 4. The summed E-state index contributed by atoms with van der Waals surface area (Å²) in [5.74, 6) is -4.03. The lowest BCUT2D eigenvalue weighted by atomic mass is 9.51. The van der Waals surface area contributed by atoms with Gasteiger partial charge in [-0.25, -0.2) is 4.90 Å². The maximum absolute atomic E-state index is 14.3. The number of para-hydroxylation sites is 1. The summed E-state index contributed by atoms with van der Waals surface area (Å²) in [5, 5.41) is 13.1. The molecule has 2 aliphatic carbocycles. The predicted octanol–water partition coefficient (Wildman–Crippen LogP) is 4.44. The van der Waals surface area contributed by atoms with Crippen molar-refractivity contribution in [3.8, 4) is 11.5 Å². The topological polar surface area (TPSA) is 113 Å². The number of hydrogen-bond acceptors (Lipinski definition) is 6. The van der Waals surface area contributed by atoms with E-state index in [9.17, 15) is 24.3 Å². The smallest absolute Gasteiger partial charge is 0.241 e. The van der Waals surface area contributed by atoms with Gasteiger partial charge in [-0.05, 0) is 81.3 Å². The average molecular weight is 644 g/mol. The quantitative estimate of drug-likeness (QED) is 0.378. The largest absolute Gasteiger partial charge is 0.503 e. The van der Waals surface area contributed by atoms with Gasteiger partial charge in [0.25, 0.3) is 0 Å². The lowest BCUT2D eigenvalue weighted by Crippen LogP contribution is -2.49. The first-order valence-electron chi connectivity index (χ1n) is 12.3. The van der Waals surface area contributed by atoms with Crippen molar-refractivity contribution in [3.63, 3.8) is 0 Å². The Morgan fingerprint density at radius 1 is 1.05 bits per heavy atom. The molecular weight excluding hydrogens is 620 g/mol. The summed E-state index contributed by atoms with van der Waals surface area (Å²) in [7, 11) is 1.44. The average Bonchev–Trinajstić information content (AvgIpc) is 3.31. The van der Waals surface area contributed by atoms with Crippen LogP contribution in [0.1, 0.15) is 31.2 Å². The molecule has 38 heavy (non-hydrogen) atoms. The van der Waals surface area contributed by atoms with Crippen LogP contribution < -0.4 is 15.0 Å². The minimum atomic E-state index is -1.19. The first-order valence-corrected chi connectivity index (χ1v) is 13.9. The normalized spacial score (nSPS) is 31.9. The molecule has 2 aromatic rings. The zero-order valence-corrected chi connectivity index (χ0v) is 23.7. The van der Waals surface area contributed by atoms with Crippen LogP contribution in [-0.4, -0.2) is 35.8 Å². The number of methoxy groups -OCH3 is 1. The van der Waals surface area contributed by atoms with Crippen molar-refractivity contribution in [2.24, 2.45) is 29.1 Å². The second kappa shape index (κ2) is 8.77. The Hall–Kier alpha value is -2.98. The van der Waals surface area contributed by atoms with Crippen molar-refractivity contribution in [3.05, 3.63) is 62.6 Å². The minimum absolute atomic E-state index is 0.102. The van der Waals surface area contributed by atoms with E-state index in [0.29, 0.717) is 26.6 Å². The molecule has 6 rings (SSSR count). The fourth-order valence-corrected chi connectivity index (χ4v) is 8.03. The first kappa shape index (κ1) is 25.3.